The fraction of sp³-hybridized carbons (Fsp3) is 0.321. The quantitative estimate of drug-likeness (QED) is 0.263. The Hall–Kier alpha value is -3.70. The molecule has 1 saturated carbocycles. The van der Waals surface area contributed by atoms with Crippen molar-refractivity contribution in [2.45, 2.75) is 44.2 Å². The predicted octanol–water partition coefficient (Wildman–Crippen LogP) is 6.80. The van der Waals surface area contributed by atoms with Gasteiger partial charge in [-0.05, 0) is 42.7 Å². The maximum absolute atomic E-state index is 14.8. The number of thiophene rings is 1. The molecule has 1 aromatic carbocycles. The van der Waals surface area contributed by atoms with Gasteiger partial charge in [-0.2, -0.15) is 0 Å². The van der Waals surface area contributed by atoms with Gasteiger partial charge in [-0.1, -0.05) is 6.07 Å². The van der Waals surface area contributed by atoms with Crippen molar-refractivity contribution in [2.75, 3.05) is 18.4 Å². The van der Waals surface area contributed by atoms with E-state index in [2.05, 4.69) is 20.6 Å². The van der Waals surface area contributed by atoms with Gasteiger partial charge >= 0.3 is 6.03 Å². The van der Waals surface area contributed by atoms with Crippen LogP contribution in [0.15, 0.2) is 54.9 Å². The van der Waals surface area contributed by atoms with E-state index < -0.39 is 11.7 Å². The van der Waals surface area contributed by atoms with Gasteiger partial charge in [-0.25, -0.2) is 18.0 Å². The highest BCUT2D eigenvalue weighted by Crippen LogP contribution is 2.39. The minimum absolute atomic E-state index is 0.0311. The molecule has 3 aromatic heterocycles. The van der Waals surface area contributed by atoms with Gasteiger partial charge in [0.2, 0.25) is 0 Å². The number of aromatic nitrogens is 2. The zero-order valence-corrected chi connectivity index (χ0v) is 21.7. The van der Waals surface area contributed by atoms with Crippen molar-refractivity contribution < 1.29 is 22.7 Å². The number of anilines is 1. The standard InChI is InChI=1S/C28H26F3N5O2S/c29-20-13-19(35-27(37)34-18-2-3-18)4-6-23(20)38-24-7-10-32-22-14-25(39-26(22)24)21-5-1-17(15-33-21)16-36-11-8-28(30,31)9-12-36/h1,4-7,10,13-15,18H,2-3,8-9,11-12,16H2,(H2,34,35,37). The number of fused-ring (bicyclic) bond motifs is 1. The lowest BCUT2D eigenvalue weighted by Gasteiger charge is -2.31. The van der Waals surface area contributed by atoms with Crippen molar-refractivity contribution in [3.63, 3.8) is 0 Å². The Bertz CT molecular complexity index is 1500. The van der Waals surface area contributed by atoms with Crippen molar-refractivity contribution in [2.24, 2.45) is 0 Å². The number of alkyl halides is 2. The molecule has 2 aliphatic rings. The highest BCUT2D eigenvalue weighted by molar-refractivity contribution is 7.22. The van der Waals surface area contributed by atoms with Crippen LogP contribution in [0.1, 0.15) is 31.2 Å². The Labute approximate surface area is 227 Å². The molecule has 4 aromatic rings. The van der Waals surface area contributed by atoms with Crippen molar-refractivity contribution in [1.29, 1.82) is 0 Å². The smallest absolute Gasteiger partial charge is 0.319 e. The normalized spacial score (nSPS) is 17.2. The number of pyridine rings is 2. The number of hydrogen-bond donors (Lipinski definition) is 2. The van der Waals surface area contributed by atoms with Crippen LogP contribution in [0.2, 0.25) is 0 Å². The number of carbonyl (C=O) groups excluding carboxylic acids is 1. The maximum Gasteiger partial charge on any atom is 0.319 e. The highest BCUT2D eigenvalue weighted by Gasteiger charge is 2.33. The second kappa shape index (κ2) is 10.5. The molecule has 1 aliphatic heterocycles. The Balaban J connectivity index is 1.14. The van der Waals surface area contributed by atoms with E-state index in [-0.39, 0.29) is 30.7 Å². The molecule has 2 N–H and O–H groups in total. The number of ether oxygens (including phenoxy) is 1. The van der Waals surface area contributed by atoms with Gasteiger partial charge in [-0.15, -0.1) is 11.3 Å². The molecule has 0 spiro atoms. The Morgan fingerprint density at radius 3 is 2.62 bits per heavy atom. The number of halogens is 3. The molecule has 39 heavy (non-hydrogen) atoms. The summed E-state index contributed by atoms with van der Waals surface area (Å²) in [7, 11) is 0. The monoisotopic (exact) mass is 553 g/mol. The van der Waals surface area contributed by atoms with Crippen LogP contribution < -0.4 is 15.4 Å². The lowest BCUT2D eigenvalue weighted by atomic mass is 10.1. The Morgan fingerprint density at radius 1 is 1.08 bits per heavy atom. The molecular weight excluding hydrogens is 527 g/mol. The van der Waals surface area contributed by atoms with Gasteiger partial charge in [-0.3, -0.25) is 14.9 Å². The van der Waals surface area contributed by atoms with Gasteiger partial charge in [0, 0.05) is 68.7 Å². The molecule has 2 fully saturated rings. The summed E-state index contributed by atoms with van der Waals surface area (Å²) < 4.78 is 48.3. The van der Waals surface area contributed by atoms with Crippen LogP contribution >= 0.6 is 11.3 Å². The summed E-state index contributed by atoms with van der Waals surface area (Å²) in [5.41, 5.74) is 2.75. The molecule has 0 bridgehead atoms. The Kier molecular flexibility index (Phi) is 6.86. The average molecular weight is 554 g/mol. The summed E-state index contributed by atoms with van der Waals surface area (Å²) in [4.78, 5) is 23.8. The fourth-order valence-electron chi connectivity index (χ4n) is 4.44. The first-order valence-electron chi connectivity index (χ1n) is 12.8. The molecular formula is C28H26F3N5O2S. The van der Waals surface area contributed by atoms with Crippen molar-refractivity contribution in [3.8, 4) is 22.1 Å². The number of piperidine rings is 1. The molecule has 202 valence electrons. The Morgan fingerprint density at radius 2 is 1.90 bits per heavy atom. The van der Waals surface area contributed by atoms with Gasteiger partial charge in [0.15, 0.2) is 11.6 Å². The van der Waals surface area contributed by atoms with E-state index in [0.29, 0.717) is 36.6 Å². The molecule has 6 rings (SSSR count). The SMILES string of the molecule is O=C(Nc1ccc(Oc2ccnc3cc(-c4ccc(CN5CCC(F)(F)CC5)cn4)sc23)c(F)c1)NC1CC1. The van der Waals surface area contributed by atoms with Crippen LogP contribution in [0.4, 0.5) is 23.7 Å². The van der Waals surface area contributed by atoms with Crippen LogP contribution in [0, 0.1) is 5.82 Å². The number of rotatable bonds is 7. The number of urea groups is 1. The van der Waals surface area contributed by atoms with Gasteiger partial charge in [0.25, 0.3) is 5.92 Å². The van der Waals surface area contributed by atoms with E-state index in [9.17, 15) is 18.0 Å². The summed E-state index contributed by atoms with van der Waals surface area (Å²) >= 11 is 1.44. The predicted molar refractivity (Wildman–Crippen MR) is 144 cm³/mol. The zero-order chi connectivity index (χ0) is 27.0. The molecule has 0 unspecified atom stereocenters. The number of likely N-dealkylation sites (tertiary alicyclic amines) is 1. The van der Waals surface area contributed by atoms with E-state index >= 15 is 0 Å². The van der Waals surface area contributed by atoms with E-state index in [1.54, 1.807) is 24.5 Å². The number of benzene rings is 1. The summed E-state index contributed by atoms with van der Waals surface area (Å²) in [6.07, 6.45) is 5.08. The molecule has 7 nitrogen and oxygen atoms in total. The van der Waals surface area contributed by atoms with Crippen LogP contribution in [-0.2, 0) is 6.54 Å². The van der Waals surface area contributed by atoms with Crippen molar-refractivity contribution in [3.05, 3.63) is 66.2 Å². The number of hydrogen-bond acceptors (Lipinski definition) is 6. The molecule has 1 aliphatic carbocycles. The lowest BCUT2D eigenvalue weighted by Crippen LogP contribution is -2.38. The summed E-state index contributed by atoms with van der Waals surface area (Å²) in [6, 6.07) is 11.6. The van der Waals surface area contributed by atoms with Crippen molar-refractivity contribution >= 4 is 33.3 Å². The molecule has 0 atom stereocenters. The third-order valence-corrected chi connectivity index (χ3v) is 7.93. The van der Waals surface area contributed by atoms with E-state index in [1.807, 2.05) is 23.1 Å². The van der Waals surface area contributed by atoms with Gasteiger partial charge < -0.3 is 15.4 Å². The van der Waals surface area contributed by atoms with Crippen LogP contribution in [0.25, 0.3) is 20.8 Å². The van der Waals surface area contributed by atoms with Gasteiger partial charge in [0.05, 0.1) is 20.8 Å². The molecule has 1 saturated heterocycles. The first kappa shape index (κ1) is 25.6. The third kappa shape index (κ3) is 6.15. The fourth-order valence-corrected chi connectivity index (χ4v) is 5.48. The zero-order valence-electron chi connectivity index (χ0n) is 20.9. The van der Waals surface area contributed by atoms with E-state index in [1.165, 1.54) is 23.5 Å². The molecule has 2 amide bonds. The summed E-state index contributed by atoms with van der Waals surface area (Å²) in [5, 5.41) is 5.43. The highest BCUT2D eigenvalue weighted by atomic mass is 32.1. The topological polar surface area (TPSA) is 79.4 Å². The van der Waals surface area contributed by atoms with Crippen molar-refractivity contribution in [1.82, 2.24) is 20.2 Å². The first-order valence-corrected chi connectivity index (χ1v) is 13.6. The number of carbonyl (C=O) groups is 1. The largest absolute Gasteiger partial charge is 0.453 e. The van der Waals surface area contributed by atoms with Crippen LogP contribution in [-0.4, -0.2) is 46.0 Å². The minimum atomic E-state index is -2.56. The number of nitrogens with zero attached hydrogens (tertiary/aromatic N) is 3. The second-order valence-electron chi connectivity index (χ2n) is 9.94. The maximum atomic E-state index is 14.8. The average Bonchev–Trinajstić information content (AvgIpc) is 3.61. The van der Waals surface area contributed by atoms with Gasteiger partial charge in [0.1, 0.15) is 5.75 Å². The third-order valence-electron chi connectivity index (χ3n) is 6.77. The lowest BCUT2D eigenvalue weighted by molar-refractivity contribution is -0.0566. The number of nitrogens with one attached hydrogen (secondary N) is 2. The van der Waals surface area contributed by atoms with E-state index in [0.717, 1.165) is 33.7 Å². The van der Waals surface area contributed by atoms with Crippen LogP contribution in [0.5, 0.6) is 11.5 Å². The van der Waals surface area contributed by atoms with Crippen LogP contribution in [0.3, 0.4) is 0 Å². The molecule has 11 heteroatoms. The summed E-state index contributed by atoms with van der Waals surface area (Å²) in [5.74, 6) is -2.67. The molecule has 0 radical (unpaired) electrons. The molecule has 4 heterocycles. The first-order chi connectivity index (χ1) is 18.8. The number of amides is 2. The van der Waals surface area contributed by atoms with E-state index in [4.69, 9.17) is 4.74 Å². The summed E-state index contributed by atoms with van der Waals surface area (Å²) in [6.45, 7) is 1.32. The minimum Gasteiger partial charge on any atom is -0.453 e. The second-order valence-corrected chi connectivity index (χ2v) is 11.0.